The molecule has 16 heavy (non-hydrogen) atoms. The number of phenols is 1. The Labute approximate surface area is 94.4 Å². The fraction of sp³-hybridized carbons (Fsp3) is 0.308. The third-order valence-electron chi connectivity index (χ3n) is 2.56. The molecule has 0 unspecified atom stereocenters. The Morgan fingerprint density at radius 3 is 2.69 bits per heavy atom. The van der Waals surface area contributed by atoms with Crippen LogP contribution in [0.2, 0.25) is 0 Å². The second-order valence-corrected chi connectivity index (χ2v) is 4.47. The molecular formula is C13H14O3. The van der Waals surface area contributed by atoms with Crippen molar-refractivity contribution in [1.82, 2.24) is 0 Å². The Bertz CT molecular complexity index is 484. The number of carbonyl (C=O) groups is 1. The molecule has 0 aromatic heterocycles. The van der Waals surface area contributed by atoms with Gasteiger partial charge in [-0.3, -0.25) is 4.79 Å². The van der Waals surface area contributed by atoms with Gasteiger partial charge in [-0.25, -0.2) is 0 Å². The van der Waals surface area contributed by atoms with Crippen LogP contribution < -0.4 is 4.74 Å². The van der Waals surface area contributed by atoms with Crippen molar-refractivity contribution in [1.29, 1.82) is 0 Å². The SMILES string of the molecule is CC(=O)c1c(O)ccc2c1C=CC(C)(C)O2. The highest BCUT2D eigenvalue weighted by Crippen LogP contribution is 2.36. The van der Waals surface area contributed by atoms with Gasteiger partial charge < -0.3 is 9.84 Å². The molecule has 2 rings (SSSR count). The van der Waals surface area contributed by atoms with Crippen LogP contribution in [0.15, 0.2) is 18.2 Å². The summed E-state index contributed by atoms with van der Waals surface area (Å²) in [7, 11) is 0. The van der Waals surface area contributed by atoms with E-state index in [9.17, 15) is 9.90 Å². The monoisotopic (exact) mass is 218 g/mol. The Kier molecular flexibility index (Phi) is 2.26. The number of hydrogen-bond acceptors (Lipinski definition) is 3. The van der Waals surface area contributed by atoms with Crippen LogP contribution >= 0.6 is 0 Å². The molecule has 0 saturated carbocycles. The number of ketones is 1. The lowest BCUT2D eigenvalue weighted by atomic mass is 9.96. The van der Waals surface area contributed by atoms with Gasteiger partial charge in [0.2, 0.25) is 0 Å². The first-order valence-electron chi connectivity index (χ1n) is 5.16. The van der Waals surface area contributed by atoms with E-state index >= 15 is 0 Å². The standard InChI is InChI=1S/C13H14O3/c1-8(14)12-9-6-7-13(2,3)16-11(9)5-4-10(12)15/h4-7,15H,1-3H3. The fourth-order valence-electron chi connectivity index (χ4n) is 1.81. The van der Waals surface area contributed by atoms with Gasteiger partial charge in [-0.05, 0) is 39.0 Å². The molecule has 0 radical (unpaired) electrons. The van der Waals surface area contributed by atoms with Gasteiger partial charge in [-0.15, -0.1) is 0 Å². The maximum atomic E-state index is 11.5. The molecule has 1 aliphatic rings. The van der Waals surface area contributed by atoms with E-state index in [-0.39, 0.29) is 17.1 Å². The van der Waals surface area contributed by atoms with Gasteiger partial charge in [0.05, 0.1) is 5.56 Å². The highest BCUT2D eigenvalue weighted by molar-refractivity contribution is 6.01. The Balaban J connectivity index is 2.63. The molecule has 0 bridgehead atoms. The molecule has 1 aromatic rings. The van der Waals surface area contributed by atoms with Crippen molar-refractivity contribution in [2.75, 3.05) is 0 Å². The van der Waals surface area contributed by atoms with E-state index in [0.717, 1.165) is 0 Å². The van der Waals surface area contributed by atoms with E-state index in [0.29, 0.717) is 16.9 Å². The van der Waals surface area contributed by atoms with Gasteiger partial charge in [0.25, 0.3) is 0 Å². The largest absolute Gasteiger partial charge is 0.507 e. The Morgan fingerprint density at radius 2 is 2.06 bits per heavy atom. The summed E-state index contributed by atoms with van der Waals surface area (Å²) in [5.74, 6) is 0.469. The zero-order valence-electron chi connectivity index (χ0n) is 9.57. The van der Waals surface area contributed by atoms with Gasteiger partial charge in [-0.2, -0.15) is 0 Å². The summed E-state index contributed by atoms with van der Waals surface area (Å²) >= 11 is 0. The average molecular weight is 218 g/mol. The van der Waals surface area contributed by atoms with Crippen LogP contribution in [0.3, 0.4) is 0 Å². The van der Waals surface area contributed by atoms with Crippen LogP contribution in [-0.4, -0.2) is 16.5 Å². The molecule has 1 aromatic carbocycles. The van der Waals surface area contributed by atoms with Crippen molar-refractivity contribution < 1.29 is 14.6 Å². The highest BCUT2D eigenvalue weighted by Gasteiger charge is 2.25. The number of carbonyl (C=O) groups excluding carboxylic acids is 1. The van der Waals surface area contributed by atoms with E-state index in [4.69, 9.17) is 4.74 Å². The minimum absolute atomic E-state index is 0.000735. The minimum atomic E-state index is -0.377. The normalized spacial score (nSPS) is 16.4. The average Bonchev–Trinajstić information content (AvgIpc) is 2.16. The lowest BCUT2D eigenvalue weighted by Gasteiger charge is -2.28. The van der Waals surface area contributed by atoms with E-state index in [2.05, 4.69) is 0 Å². The van der Waals surface area contributed by atoms with Crippen LogP contribution in [0.5, 0.6) is 11.5 Å². The second-order valence-electron chi connectivity index (χ2n) is 4.47. The van der Waals surface area contributed by atoms with Crippen molar-refractivity contribution >= 4 is 11.9 Å². The Morgan fingerprint density at radius 1 is 1.38 bits per heavy atom. The summed E-state index contributed by atoms with van der Waals surface area (Å²) in [6.45, 7) is 5.31. The summed E-state index contributed by atoms with van der Waals surface area (Å²) in [5.41, 5.74) is 0.606. The smallest absolute Gasteiger partial charge is 0.164 e. The van der Waals surface area contributed by atoms with Gasteiger partial charge in [0.15, 0.2) is 5.78 Å². The Hall–Kier alpha value is -1.77. The molecule has 1 aliphatic heterocycles. The maximum absolute atomic E-state index is 11.5. The zero-order valence-corrected chi connectivity index (χ0v) is 9.57. The molecular weight excluding hydrogens is 204 g/mol. The molecule has 0 amide bonds. The fourth-order valence-corrected chi connectivity index (χ4v) is 1.81. The topological polar surface area (TPSA) is 46.5 Å². The summed E-state index contributed by atoms with van der Waals surface area (Å²) < 4.78 is 5.71. The van der Waals surface area contributed by atoms with Gasteiger partial charge in [-0.1, -0.05) is 6.08 Å². The predicted octanol–water partition coefficient (Wildman–Crippen LogP) is 2.78. The lowest BCUT2D eigenvalue weighted by molar-refractivity contribution is 0.101. The molecule has 1 heterocycles. The van der Waals surface area contributed by atoms with Crippen LogP contribution in [0.4, 0.5) is 0 Å². The molecule has 0 spiro atoms. The van der Waals surface area contributed by atoms with Crippen molar-refractivity contribution in [2.24, 2.45) is 0 Å². The second kappa shape index (κ2) is 3.37. The number of phenolic OH excluding ortho intramolecular Hbond substituents is 1. The molecule has 84 valence electrons. The number of benzene rings is 1. The first-order chi connectivity index (χ1) is 7.41. The van der Waals surface area contributed by atoms with Crippen LogP contribution in [0.25, 0.3) is 6.08 Å². The molecule has 0 aliphatic carbocycles. The predicted molar refractivity (Wildman–Crippen MR) is 61.9 cm³/mol. The van der Waals surface area contributed by atoms with E-state index in [1.165, 1.54) is 13.0 Å². The van der Waals surface area contributed by atoms with Crippen LogP contribution in [-0.2, 0) is 0 Å². The van der Waals surface area contributed by atoms with Crippen LogP contribution in [0, 0.1) is 0 Å². The van der Waals surface area contributed by atoms with Crippen molar-refractivity contribution in [3.63, 3.8) is 0 Å². The maximum Gasteiger partial charge on any atom is 0.164 e. The number of ether oxygens (including phenoxy) is 1. The quantitative estimate of drug-likeness (QED) is 0.737. The third kappa shape index (κ3) is 1.69. The zero-order chi connectivity index (χ0) is 11.9. The summed E-state index contributed by atoms with van der Waals surface area (Å²) in [5, 5.41) is 9.66. The molecule has 3 heteroatoms. The van der Waals surface area contributed by atoms with Crippen LogP contribution in [0.1, 0.15) is 36.7 Å². The van der Waals surface area contributed by atoms with Gasteiger partial charge >= 0.3 is 0 Å². The summed E-state index contributed by atoms with van der Waals surface area (Å²) in [6.07, 6.45) is 3.70. The number of aromatic hydroxyl groups is 1. The van der Waals surface area contributed by atoms with Gasteiger partial charge in [0, 0.05) is 5.56 Å². The third-order valence-corrected chi connectivity index (χ3v) is 2.56. The first-order valence-corrected chi connectivity index (χ1v) is 5.16. The van der Waals surface area contributed by atoms with Crippen molar-refractivity contribution in [2.45, 2.75) is 26.4 Å². The summed E-state index contributed by atoms with van der Waals surface area (Å²) in [4.78, 5) is 11.5. The van der Waals surface area contributed by atoms with E-state index < -0.39 is 0 Å². The first kappa shape index (κ1) is 10.7. The molecule has 0 fully saturated rings. The number of hydrogen-bond donors (Lipinski definition) is 1. The number of rotatable bonds is 1. The molecule has 1 N–H and O–H groups in total. The van der Waals surface area contributed by atoms with Gasteiger partial charge in [0.1, 0.15) is 17.1 Å². The van der Waals surface area contributed by atoms with E-state index in [1.807, 2.05) is 26.0 Å². The number of fused-ring (bicyclic) bond motifs is 1. The minimum Gasteiger partial charge on any atom is -0.507 e. The highest BCUT2D eigenvalue weighted by atomic mass is 16.5. The summed E-state index contributed by atoms with van der Waals surface area (Å²) in [6, 6.07) is 3.17. The van der Waals surface area contributed by atoms with Crippen molar-refractivity contribution in [3.8, 4) is 11.5 Å². The van der Waals surface area contributed by atoms with E-state index in [1.54, 1.807) is 6.07 Å². The van der Waals surface area contributed by atoms with Crippen molar-refractivity contribution in [3.05, 3.63) is 29.3 Å². The molecule has 3 nitrogen and oxygen atoms in total. The number of Topliss-reactive ketones (excluding diaryl/α,β-unsaturated/α-hetero) is 1. The lowest BCUT2D eigenvalue weighted by Crippen LogP contribution is -2.27. The molecule has 0 saturated heterocycles. The molecule has 0 atom stereocenters.